The summed E-state index contributed by atoms with van der Waals surface area (Å²) in [6.45, 7) is 1.85. The molecule has 0 aliphatic carbocycles. The minimum Gasteiger partial charge on any atom is -0.478 e. The number of esters is 1. The molecular weight excluding hydrogens is 242 g/mol. The fourth-order valence-electron chi connectivity index (χ4n) is 1.45. The summed E-state index contributed by atoms with van der Waals surface area (Å²) in [6, 6.07) is 0. The molecule has 1 aliphatic rings. The maximum atomic E-state index is 11.6. The summed E-state index contributed by atoms with van der Waals surface area (Å²) in [5.41, 5.74) is -0.538. The first-order valence-corrected chi connectivity index (χ1v) is 5.45. The van der Waals surface area contributed by atoms with E-state index in [1.807, 2.05) is 0 Å². The second-order valence-corrected chi connectivity index (χ2v) is 3.63. The number of carbonyl (C=O) groups excluding carboxylic acids is 3. The van der Waals surface area contributed by atoms with E-state index >= 15 is 0 Å². The molecule has 2 amide bonds. The average molecular weight is 255 g/mol. The lowest BCUT2D eigenvalue weighted by molar-refractivity contribution is -0.147. The molecule has 0 aromatic rings. The predicted octanol–water partition coefficient (Wildman–Crippen LogP) is 0.0571. The minimum atomic E-state index is -1.43. The molecule has 7 heteroatoms. The quantitative estimate of drug-likeness (QED) is 0.423. The van der Waals surface area contributed by atoms with Crippen molar-refractivity contribution in [3.8, 4) is 0 Å². The Morgan fingerprint density at radius 1 is 1.33 bits per heavy atom. The summed E-state index contributed by atoms with van der Waals surface area (Å²) in [4.78, 5) is 45.7. The van der Waals surface area contributed by atoms with Gasteiger partial charge in [-0.3, -0.25) is 9.59 Å². The van der Waals surface area contributed by atoms with E-state index in [1.165, 1.54) is 0 Å². The van der Waals surface area contributed by atoms with Gasteiger partial charge in [-0.05, 0) is 6.42 Å². The normalized spacial score (nSPS) is 16.1. The van der Waals surface area contributed by atoms with Gasteiger partial charge in [0.05, 0.1) is 12.7 Å². The van der Waals surface area contributed by atoms with Crippen molar-refractivity contribution in [3.63, 3.8) is 0 Å². The second kappa shape index (κ2) is 5.95. The van der Waals surface area contributed by atoms with E-state index in [-0.39, 0.29) is 19.4 Å². The van der Waals surface area contributed by atoms with Crippen LogP contribution in [0.1, 0.15) is 26.2 Å². The Bertz CT molecular complexity index is 409. The van der Waals surface area contributed by atoms with Gasteiger partial charge < -0.3 is 9.84 Å². The van der Waals surface area contributed by atoms with Crippen molar-refractivity contribution in [2.75, 3.05) is 6.61 Å². The molecule has 1 saturated heterocycles. The molecule has 0 aromatic carbocycles. The van der Waals surface area contributed by atoms with Gasteiger partial charge in [0.15, 0.2) is 0 Å². The van der Waals surface area contributed by atoms with Crippen molar-refractivity contribution in [3.05, 3.63) is 11.8 Å². The summed E-state index contributed by atoms with van der Waals surface area (Å²) in [7, 11) is 0. The number of amides is 2. The van der Waals surface area contributed by atoms with Gasteiger partial charge in [0, 0.05) is 12.8 Å². The summed E-state index contributed by atoms with van der Waals surface area (Å²) in [5.74, 6) is -3.60. The molecule has 0 bridgehead atoms. The van der Waals surface area contributed by atoms with E-state index in [1.54, 1.807) is 6.92 Å². The first-order chi connectivity index (χ1) is 8.47. The van der Waals surface area contributed by atoms with Crippen LogP contribution in [0.25, 0.3) is 0 Å². The average Bonchev–Trinajstić information content (AvgIpc) is 2.63. The van der Waals surface area contributed by atoms with Crippen molar-refractivity contribution in [2.45, 2.75) is 26.2 Å². The Hall–Kier alpha value is -2.18. The molecular formula is C11H13NO6. The number of carboxylic acid groups (broad SMARTS) is 1. The van der Waals surface area contributed by atoms with E-state index < -0.39 is 29.5 Å². The highest BCUT2D eigenvalue weighted by Gasteiger charge is 2.36. The zero-order valence-corrected chi connectivity index (χ0v) is 9.84. The molecule has 1 rings (SSSR count). The Balaban J connectivity index is 2.98. The lowest BCUT2D eigenvalue weighted by Crippen LogP contribution is -2.33. The van der Waals surface area contributed by atoms with Crippen molar-refractivity contribution in [1.29, 1.82) is 0 Å². The molecule has 0 unspecified atom stereocenters. The first-order valence-electron chi connectivity index (χ1n) is 5.45. The number of ether oxygens (including phenoxy) is 1. The number of hydrogen-bond acceptors (Lipinski definition) is 5. The van der Waals surface area contributed by atoms with Crippen LogP contribution >= 0.6 is 0 Å². The second-order valence-electron chi connectivity index (χ2n) is 3.63. The Labute approximate surface area is 103 Å². The lowest BCUT2D eigenvalue weighted by Gasteiger charge is -2.16. The first kappa shape index (κ1) is 13.9. The molecule has 98 valence electrons. The van der Waals surface area contributed by atoms with Crippen molar-refractivity contribution >= 4 is 23.8 Å². The van der Waals surface area contributed by atoms with Crippen LogP contribution in [-0.4, -0.2) is 40.4 Å². The number of likely N-dealkylation sites (tertiary alicyclic amines) is 1. The van der Waals surface area contributed by atoms with Gasteiger partial charge in [-0.2, -0.15) is 0 Å². The SMILES string of the molecule is CCCOC(=O)/C(=C/C(=O)O)N1C(=O)CCC1=O. The van der Waals surface area contributed by atoms with E-state index in [4.69, 9.17) is 9.84 Å². The molecule has 0 atom stereocenters. The Morgan fingerprint density at radius 3 is 2.33 bits per heavy atom. The van der Waals surface area contributed by atoms with Gasteiger partial charge in [-0.1, -0.05) is 6.92 Å². The number of imide groups is 1. The maximum Gasteiger partial charge on any atom is 0.355 e. The van der Waals surface area contributed by atoms with E-state index in [0.29, 0.717) is 17.4 Å². The summed E-state index contributed by atoms with van der Waals surface area (Å²) in [6.07, 6.45) is 1.00. The van der Waals surface area contributed by atoms with Gasteiger partial charge in [0.2, 0.25) is 11.8 Å². The number of hydrogen-bond donors (Lipinski definition) is 1. The van der Waals surface area contributed by atoms with Gasteiger partial charge in [-0.25, -0.2) is 14.5 Å². The van der Waals surface area contributed by atoms with Crippen LogP contribution < -0.4 is 0 Å². The van der Waals surface area contributed by atoms with Gasteiger partial charge in [-0.15, -0.1) is 0 Å². The third-order valence-electron chi connectivity index (χ3n) is 2.20. The molecule has 1 heterocycles. The Morgan fingerprint density at radius 2 is 1.89 bits per heavy atom. The molecule has 7 nitrogen and oxygen atoms in total. The smallest absolute Gasteiger partial charge is 0.355 e. The van der Waals surface area contributed by atoms with Crippen LogP contribution in [0.5, 0.6) is 0 Å². The highest BCUT2D eigenvalue weighted by Crippen LogP contribution is 2.19. The third kappa shape index (κ3) is 3.16. The van der Waals surface area contributed by atoms with E-state index in [9.17, 15) is 19.2 Å². The number of carbonyl (C=O) groups is 4. The van der Waals surface area contributed by atoms with Gasteiger partial charge in [0.25, 0.3) is 0 Å². The largest absolute Gasteiger partial charge is 0.478 e. The van der Waals surface area contributed by atoms with Gasteiger partial charge >= 0.3 is 11.9 Å². The lowest BCUT2D eigenvalue weighted by atomic mass is 10.3. The third-order valence-corrected chi connectivity index (χ3v) is 2.20. The van der Waals surface area contributed by atoms with E-state index in [2.05, 4.69) is 0 Å². The molecule has 0 spiro atoms. The van der Waals surface area contributed by atoms with E-state index in [0.717, 1.165) is 0 Å². The topological polar surface area (TPSA) is 101 Å². The molecule has 1 fully saturated rings. The molecule has 0 aromatic heterocycles. The Kier molecular flexibility index (Phi) is 4.59. The van der Waals surface area contributed by atoms with Crippen molar-refractivity contribution < 1.29 is 29.0 Å². The zero-order chi connectivity index (χ0) is 13.7. The molecule has 0 saturated carbocycles. The van der Waals surface area contributed by atoms with Crippen LogP contribution in [-0.2, 0) is 23.9 Å². The molecule has 1 aliphatic heterocycles. The summed E-state index contributed by atoms with van der Waals surface area (Å²) < 4.78 is 4.75. The van der Waals surface area contributed by atoms with Crippen molar-refractivity contribution in [2.24, 2.45) is 0 Å². The monoisotopic (exact) mass is 255 g/mol. The standard InChI is InChI=1S/C11H13NO6/c1-2-5-18-11(17)7(6-10(15)16)12-8(13)3-4-9(12)14/h6H,2-5H2,1H3,(H,15,16)/b7-6-. The fourth-order valence-corrected chi connectivity index (χ4v) is 1.45. The van der Waals surface area contributed by atoms with Crippen molar-refractivity contribution in [1.82, 2.24) is 4.90 Å². The zero-order valence-electron chi connectivity index (χ0n) is 9.84. The van der Waals surface area contributed by atoms with Crippen LogP contribution in [0.15, 0.2) is 11.8 Å². The fraction of sp³-hybridized carbons (Fsp3) is 0.455. The summed E-state index contributed by atoms with van der Waals surface area (Å²) in [5, 5.41) is 8.66. The van der Waals surface area contributed by atoms with Crippen LogP contribution in [0.3, 0.4) is 0 Å². The number of carboxylic acids is 1. The van der Waals surface area contributed by atoms with Crippen LogP contribution in [0, 0.1) is 0 Å². The number of rotatable bonds is 5. The summed E-state index contributed by atoms with van der Waals surface area (Å²) >= 11 is 0. The molecule has 18 heavy (non-hydrogen) atoms. The molecule has 1 N–H and O–H groups in total. The predicted molar refractivity (Wildman–Crippen MR) is 58.1 cm³/mol. The van der Waals surface area contributed by atoms with Gasteiger partial charge in [0.1, 0.15) is 5.70 Å². The number of aliphatic carboxylic acids is 1. The highest BCUT2D eigenvalue weighted by atomic mass is 16.5. The van der Waals surface area contributed by atoms with Crippen LogP contribution in [0.4, 0.5) is 0 Å². The highest BCUT2D eigenvalue weighted by molar-refractivity contribution is 6.10. The number of nitrogens with zero attached hydrogens (tertiary/aromatic N) is 1. The molecule has 0 radical (unpaired) electrons. The maximum absolute atomic E-state index is 11.6. The minimum absolute atomic E-state index is 0.0309. The van der Waals surface area contributed by atoms with Crippen LogP contribution in [0.2, 0.25) is 0 Å².